The lowest BCUT2D eigenvalue weighted by atomic mass is 9.89. The van der Waals surface area contributed by atoms with E-state index in [9.17, 15) is 18.0 Å². The minimum Gasteiger partial charge on any atom is -0.449 e. The molecule has 1 aliphatic rings. The Labute approximate surface area is 160 Å². The highest BCUT2D eigenvalue weighted by Crippen LogP contribution is 2.22. The van der Waals surface area contributed by atoms with Crippen molar-refractivity contribution in [3.8, 4) is 0 Å². The van der Waals surface area contributed by atoms with E-state index in [1.54, 1.807) is 6.92 Å². The van der Waals surface area contributed by atoms with Gasteiger partial charge < -0.3 is 10.1 Å². The molecule has 1 fully saturated rings. The van der Waals surface area contributed by atoms with Crippen molar-refractivity contribution in [3.05, 3.63) is 29.8 Å². The smallest absolute Gasteiger partial charge is 0.338 e. The number of carbonyl (C=O) groups excluding carboxylic acids is 2. The number of nitrogens with one attached hydrogen (secondary N) is 2. The number of ether oxygens (including phenoxy) is 1. The molecule has 1 saturated carbocycles. The van der Waals surface area contributed by atoms with Crippen LogP contribution < -0.4 is 10.0 Å². The van der Waals surface area contributed by atoms with Gasteiger partial charge in [0.1, 0.15) is 0 Å². The number of benzene rings is 1. The SMILES string of the molecule is CCNS(=O)(=O)c1ccc(C(=O)O[C@H](C)C(=O)NCC2CCCCC2)cc1. The van der Waals surface area contributed by atoms with Gasteiger partial charge in [0.05, 0.1) is 10.5 Å². The predicted molar refractivity (Wildman–Crippen MR) is 102 cm³/mol. The molecule has 27 heavy (non-hydrogen) atoms. The summed E-state index contributed by atoms with van der Waals surface area (Å²) in [5, 5.41) is 2.85. The Morgan fingerprint density at radius 2 is 1.78 bits per heavy atom. The molecular formula is C19H28N2O5S. The number of amides is 1. The number of hydrogen-bond donors (Lipinski definition) is 2. The van der Waals surface area contributed by atoms with Gasteiger partial charge in [0.25, 0.3) is 5.91 Å². The summed E-state index contributed by atoms with van der Waals surface area (Å²) < 4.78 is 31.4. The minimum absolute atomic E-state index is 0.0687. The van der Waals surface area contributed by atoms with Crippen LogP contribution in [0.3, 0.4) is 0 Å². The average molecular weight is 397 g/mol. The van der Waals surface area contributed by atoms with Crippen molar-refractivity contribution in [1.82, 2.24) is 10.0 Å². The topological polar surface area (TPSA) is 102 Å². The molecule has 1 aromatic rings. The molecular weight excluding hydrogens is 368 g/mol. The Bertz CT molecular complexity index is 740. The Balaban J connectivity index is 1.86. The molecule has 0 saturated heterocycles. The summed E-state index contributed by atoms with van der Waals surface area (Å²) in [6.07, 6.45) is 4.99. The third-order valence-corrected chi connectivity index (χ3v) is 6.24. The average Bonchev–Trinajstić information content (AvgIpc) is 2.67. The van der Waals surface area contributed by atoms with Crippen LogP contribution in [0.2, 0.25) is 0 Å². The fraction of sp³-hybridized carbons (Fsp3) is 0.579. The summed E-state index contributed by atoms with van der Waals surface area (Å²) in [5.41, 5.74) is 0.192. The maximum Gasteiger partial charge on any atom is 0.338 e. The van der Waals surface area contributed by atoms with E-state index in [1.807, 2.05) is 0 Å². The summed E-state index contributed by atoms with van der Waals surface area (Å²) in [6.45, 7) is 4.10. The molecule has 0 bridgehead atoms. The zero-order valence-electron chi connectivity index (χ0n) is 15.9. The molecule has 1 atom stereocenters. The largest absolute Gasteiger partial charge is 0.449 e. The van der Waals surface area contributed by atoms with Crippen LogP contribution in [0, 0.1) is 5.92 Å². The van der Waals surface area contributed by atoms with Gasteiger partial charge in [0.15, 0.2) is 6.10 Å². The van der Waals surface area contributed by atoms with E-state index in [0.29, 0.717) is 12.5 Å². The van der Waals surface area contributed by atoms with E-state index < -0.39 is 22.1 Å². The van der Waals surface area contributed by atoms with E-state index in [-0.39, 0.29) is 22.9 Å². The summed E-state index contributed by atoms with van der Waals surface area (Å²) in [5.74, 6) is -0.486. The zero-order valence-corrected chi connectivity index (χ0v) is 16.7. The lowest BCUT2D eigenvalue weighted by Crippen LogP contribution is -2.38. The van der Waals surface area contributed by atoms with Crippen LogP contribution in [-0.4, -0.2) is 39.5 Å². The predicted octanol–water partition coefficient (Wildman–Crippen LogP) is 2.23. The van der Waals surface area contributed by atoms with Crippen LogP contribution in [0.15, 0.2) is 29.2 Å². The normalized spacial score (nSPS) is 16.5. The summed E-state index contributed by atoms with van der Waals surface area (Å²) in [4.78, 5) is 24.4. The lowest BCUT2D eigenvalue weighted by molar-refractivity contribution is -0.129. The molecule has 2 N–H and O–H groups in total. The van der Waals surface area contributed by atoms with Gasteiger partial charge in [0.2, 0.25) is 10.0 Å². The maximum absolute atomic E-state index is 12.2. The molecule has 0 radical (unpaired) electrons. The van der Waals surface area contributed by atoms with Gasteiger partial charge in [-0.25, -0.2) is 17.9 Å². The summed E-state index contributed by atoms with van der Waals surface area (Å²) in [7, 11) is -3.57. The first-order valence-corrected chi connectivity index (χ1v) is 10.9. The van der Waals surface area contributed by atoms with Crippen molar-refractivity contribution in [2.75, 3.05) is 13.1 Å². The summed E-state index contributed by atoms with van der Waals surface area (Å²) >= 11 is 0. The van der Waals surface area contributed by atoms with Crippen LogP contribution in [0.1, 0.15) is 56.3 Å². The fourth-order valence-electron chi connectivity index (χ4n) is 3.11. The molecule has 0 spiro atoms. The zero-order chi connectivity index (χ0) is 19.9. The molecule has 0 unspecified atom stereocenters. The Morgan fingerprint density at radius 3 is 2.37 bits per heavy atom. The van der Waals surface area contributed by atoms with Gasteiger partial charge in [-0.3, -0.25) is 4.79 Å². The molecule has 0 heterocycles. The van der Waals surface area contributed by atoms with Gasteiger partial charge in [-0.05, 0) is 49.9 Å². The number of sulfonamides is 1. The molecule has 1 aromatic carbocycles. The highest BCUT2D eigenvalue weighted by Gasteiger charge is 2.21. The second-order valence-corrected chi connectivity index (χ2v) is 8.59. The maximum atomic E-state index is 12.2. The Morgan fingerprint density at radius 1 is 1.15 bits per heavy atom. The van der Waals surface area contributed by atoms with E-state index in [1.165, 1.54) is 50.5 Å². The van der Waals surface area contributed by atoms with Crippen molar-refractivity contribution in [1.29, 1.82) is 0 Å². The van der Waals surface area contributed by atoms with Gasteiger partial charge in [-0.15, -0.1) is 0 Å². The first kappa shape index (κ1) is 21.4. The first-order chi connectivity index (χ1) is 12.8. The monoisotopic (exact) mass is 396 g/mol. The van der Waals surface area contributed by atoms with Crippen LogP contribution in [0.5, 0.6) is 0 Å². The van der Waals surface area contributed by atoms with Crippen LogP contribution in [0.25, 0.3) is 0 Å². The summed E-state index contributed by atoms with van der Waals surface area (Å²) in [6, 6.07) is 5.42. The molecule has 0 aromatic heterocycles. The molecule has 8 heteroatoms. The second kappa shape index (κ2) is 9.85. The third kappa shape index (κ3) is 6.32. The Hall–Kier alpha value is -1.93. The second-order valence-electron chi connectivity index (χ2n) is 6.82. The molecule has 0 aliphatic heterocycles. The molecule has 150 valence electrons. The number of carbonyl (C=O) groups is 2. The number of esters is 1. The van der Waals surface area contributed by atoms with Gasteiger partial charge >= 0.3 is 5.97 Å². The van der Waals surface area contributed by atoms with E-state index >= 15 is 0 Å². The van der Waals surface area contributed by atoms with E-state index in [4.69, 9.17) is 4.74 Å². The van der Waals surface area contributed by atoms with Gasteiger partial charge in [-0.1, -0.05) is 26.2 Å². The van der Waals surface area contributed by atoms with Crippen molar-refractivity contribution >= 4 is 21.9 Å². The van der Waals surface area contributed by atoms with Crippen LogP contribution in [0.4, 0.5) is 0 Å². The van der Waals surface area contributed by atoms with Crippen molar-refractivity contribution in [3.63, 3.8) is 0 Å². The van der Waals surface area contributed by atoms with E-state index in [2.05, 4.69) is 10.0 Å². The molecule has 7 nitrogen and oxygen atoms in total. The van der Waals surface area contributed by atoms with Crippen molar-refractivity contribution < 1.29 is 22.7 Å². The first-order valence-electron chi connectivity index (χ1n) is 9.42. The van der Waals surface area contributed by atoms with Gasteiger partial charge in [-0.2, -0.15) is 0 Å². The van der Waals surface area contributed by atoms with Crippen molar-refractivity contribution in [2.45, 2.75) is 57.0 Å². The highest BCUT2D eigenvalue weighted by atomic mass is 32.2. The third-order valence-electron chi connectivity index (χ3n) is 4.68. The quantitative estimate of drug-likeness (QED) is 0.656. The van der Waals surface area contributed by atoms with Crippen LogP contribution in [-0.2, 0) is 19.6 Å². The van der Waals surface area contributed by atoms with Crippen molar-refractivity contribution in [2.24, 2.45) is 5.92 Å². The highest BCUT2D eigenvalue weighted by molar-refractivity contribution is 7.89. The number of rotatable bonds is 8. The molecule has 1 aliphatic carbocycles. The Kier molecular flexibility index (Phi) is 7.79. The standard InChI is InChI=1S/C19H28N2O5S/c1-3-21-27(24,25)17-11-9-16(10-12-17)19(23)26-14(2)18(22)20-13-15-7-5-4-6-8-15/h9-12,14-15,21H,3-8,13H2,1-2H3,(H,20,22)/t14-/m1/s1. The van der Waals surface area contributed by atoms with Gasteiger partial charge in [0, 0.05) is 13.1 Å². The lowest BCUT2D eigenvalue weighted by Gasteiger charge is -2.22. The fourth-order valence-corrected chi connectivity index (χ4v) is 4.15. The minimum atomic E-state index is -3.57. The van der Waals surface area contributed by atoms with E-state index in [0.717, 1.165) is 12.8 Å². The number of hydrogen-bond acceptors (Lipinski definition) is 5. The van der Waals surface area contributed by atoms with Crippen LogP contribution >= 0.6 is 0 Å². The molecule has 1 amide bonds. The molecule has 2 rings (SSSR count).